The van der Waals surface area contributed by atoms with Gasteiger partial charge in [0.2, 0.25) is 5.95 Å². The van der Waals surface area contributed by atoms with E-state index in [0.29, 0.717) is 5.56 Å². The molecule has 0 radical (unpaired) electrons. The van der Waals surface area contributed by atoms with Crippen LogP contribution in [0.1, 0.15) is 37.8 Å². The van der Waals surface area contributed by atoms with Crippen LogP contribution in [0.3, 0.4) is 0 Å². The van der Waals surface area contributed by atoms with Crippen LogP contribution in [0, 0.1) is 6.92 Å². The highest BCUT2D eigenvalue weighted by atomic mass is 32.2. The molecule has 3 rings (SSSR count). The molecule has 0 N–H and O–H groups in total. The summed E-state index contributed by atoms with van der Waals surface area (Å²) in [6.07, 6.45) is 0. The maximum absolute atomic E-state index is 16.4. The van der Waals surface area contributed by atoms with Crippen molar-refractivity contribution in [3.05, 3.63) is 77.2 Å². The Morgan fingerprint density at radius 1 is 0.865 bits per heavy atom. The second-order valence-corrected chi connectivity index (χ2v) is 9.85. The van der Waals surface area contributed by atoms with Crippen LogP contribution in [0.25, 0.3) is 0 Å². The Balaban J connectivity index is 2.49. The number of hydrogen-bond acceptors (Lipinski definition) is 8. The summed E-state index contributed by atoms with van der Waals surface area (Å²) in [6.45, 7) is 5.38. The van der Waals surface area contributed by atoms with Gasteiger partial charge in [0.1, 0.15) is 5.57 Å². The molecule has 1 heterocycles. The SMILES string of the molecule is CCOC(=O)C1=C(F)N(S(=O)(=O)c2ccc(C)cc2)C(C(=O)OCC)(C(=O)OCC)C1c1ccccc1. The lowest BCUT2D eigenvalue weighted by molar-refractivity contribution is -0.170. The molecule has 0 bridgehead atoms. The molecule has 0 fully saturated rings. The number of hydrogen-bond donors (Lipinski definition) is 0. The molecule has 0 saturated carbocycles. The summed E-state index contributed by atoms with van der Waals surface area (Å²) in [5.74, 6) is -7.42. The van der Waals surface area contributed by atoms with Crippen molar-refractivity contribution in [2.75, 3.05) is 19.8 Å². The van der Waals surface area contributed by atoms with E-state index in [1.807, 2.05) is 0 Å². The van der Waals surface area contributed by atoms with E-state index in [-0.39, 0.29) is 29.7 Å². The Morgan fingerprint density at radius 2 is 1.38 bits per heavy atom. The summed E-state index contributed by atoms with van der Waals surface area (Å²) < 4.78 is 59.8. The predicted octanol–water partition coefficient (Wildman–Crippen LogP) is 3.39. The zero-order valence-corrected chi connectivity index (χ0v) is 21.7. The summed E-state index contributed by atoms with van der Waals surface area (Å²) in [7, 11) is -4.97. The zero-order chi connectivity index (χ0) is 27.4. The van der Waals surface area contributed by atoms with Gasteiger partial charge in [-0.05, 0) is 45.4 Å². The highest BCUT2D eigenvalue weighted by Crippen LogP contribution is 2.53. The molecular weight excluding hydrogens is 505 g/mol. The number of benzene rings is 2. The van der Waals surface area contributed by atoms with Crippen LogP contribution in [-0.4, -0.2) is 56.0 Å². The average Bonchev–Trinajstić information content (AvgIpc) is 3.16. The molecule has 0 aliphatic carbocycles. The minimum Gasteiger partial charge on any atom is -0.464 e. The van der Waals surface area contributed by atoms with Crippen molar-refractivity contribution in [2.24, 2.45) is 0 Å². The van der Waals surface area contributed by atoms with Crippen molar-refractivity contribution in [2.45, 2.75) is 44.0 Å². The summed E-state index contributed by atoms with van der Waals surface area (Å²) in [5, 5.41) is 0. The maximum Gasteiger partial charge on any atom is 0.345 e. The van der Waals surface area contributed by atoms with Gasteiger partial charge < -0.3 is 14.2 Å². The number of rotatable bonds is 9. The lowest BCUT2D eigenvalue weighted by atomic mass is 9.77. The highest BCUT2D eigenvalue weighted by Gasteiger charge is 2.71. The standard InChI is InChI=1S/C26H28FNO8S/c1-5-34-23(29)20-21(18-11-9-8-10-12-18)26(24(30)35-6-2,25(31)36-7-3)28(22(20)27)37(32,33)19-15-13-17(4)14-16-19/h8-16,21H,5-7H2,1-4H3. The van der Waals surface area contributed by atoms with Crippen molar-refractivity contribution in [1.29, 1.82) is 0 Å². The van der Waals surface area contributed by atoms with Crippen LogP contribution in [0.4, 0.5) is 4.39 Å². The molecule has 37 heavy (non-hydrogen) atoms. The van der Waals surface area contributed by atoms with E-state index in [4.69, 9.17) is 14.2 Å². The first kappa shape index (κ1) is 27.9. The molecule has 0 spiro atoms. The largest absolute Gasteiger partial charge is 0.464 e. The second kappa shape index (κ2) is 11.1. The van der Waals surface area contributed by atoms with Crippen LogP contribution in [0.2, 0.25) is 0 Å². The molecule has 198 valence electrons. The normalized spacial score (nSPS) is 16.9. The first-order valence-electron chi connectivity index (χ1n) is 11.7. The van der Waals surface area contributed by atoms with Gasteiger partial charge >= 0.3 is 17.9 Å². The number of carbonyl (C=O) groups is 3. The third-order valence-electron chi connectivity index (χ3n) is 5.79. The Labute approximate surface area is 214 Å². The van der Waals surface area contributed by atoms with Crippen molar-refractivity contribution in [3.8, 4) is 0 Å². The maximum atomic E-state index is 16.4. The van der Waals surface area contributed by atoms with Gasteiger partial charge in [-0.25, -0.2) is 27.1 Å². The Kier molecular flexibility index (Phi) is 8.37. The number of sulfonamides is 1. The molecule has 1 aliphatic rings. The zero-order valence-electron chi connectivity index (χ0n) is 20.9. The fourth-order valence-electron chi connectivity index (χ4n) is 4.25. The molecule has 0 saturated heterocycles. The minimum atomic E-state index is -4.97. The average molecular weight is 534 g/mol. The number of esters is 3. The summed E-state index contributed by atoms with van der Waals surface area (Å²) in [4.78, 5) is 40.1. The van der Waals surface area contributed by atoms with Crippen LogP contribution in [-0.2, 0) is 38.6 Å². The third kappa shape index (κ3) is 4.71. The number of aryl methyl sites for hydroxylation is 1. The summed E-state index contributed by atoms with van der Waals surface area (Å²) >= 11 is 0. The molecular formula is C26H28FNO8S. The van der Waals surface area contributed by atoms with E-state index in [1.165, 1.54) is 69.3 Å². The molecule has 1 aliphatic heterocycles. The smallest absolute Gasteiger partial charge is 0.345 e. The molecule has 1 unspecified atom stereocenters. The first-order chi connectivity index (χ1) is 17.6. The van der Waals surface area contributed by atoms with Gasteiger partial charge in [0.15, 0.2) is 0 Å². The monoisotopic (exact) mass is 533 g/mol. The predicted molar refractivity (Wildman–Crippen MR) is 130 cm³/mol. The van der Waals surface area contributed by atoms with Crippen molar-refractivity contribution in [3.63, 3.8) is 0 Å². The number of halogens is 1. The number of nitrogens with zero attached hydrogens (tertiary/aromatic N) is 1. The van der Waals surface area contributed by atoms with E-state index in [0.717, 1.165) is 0 Å². The van der Waals surface area contributed by atoms with Crippen LogP contribution in [0.5, 0.6) is 0 Å². The second-order valence-electron chi connectivity index (χ2n) is 8.06. The van der Waals surface area contributed by atoms with Gasteiger partial charge in [-0.3, -0.25) is 0 Å². The van der Waals surface area contributed by atoms with E-state index in [2.05, 4.69) is 0 Å². The quantitative estimate of drug-likeness (QED) is 0.208. The van der Waals surface area contributed by atoms with Crippen molar-refractivity contribution >= 4 is 27.9 Å². The van der Waals surface area contributed by atoms with Crippen LogP contribution in [0.15, 0.2) is 71.0 Å². The van der Waals surface area contributed by atoms with Crippen LogP contribution >= 0.6 is 0 Å². The van der Waals surface area contributed by atoms with Gasteiger partial charge in [-0.15, -0.1) is 0 Å². The van der Waals surface area contributed by atoms with E-state index >= 15 is 4.39 Å². The number of ether oxygens (including phenoxy) is 3. The van der Waals surface area contributed by atoms with Gasteiger partial charge in [0.25, 0.3) is 15.6 Å². The van der Waals surface area contributed by atoms with Gasteiger partial charge in [0.05, 0.1) is 30.6 Å². The van der Waals surface area contributed by atoms with E-state index in [9.17, 15) is 22.8 Å². The Hall–Kier alpha value is -3.73. The number of carbonyl (C=O) groups excluding carboxylic acids is 3. The van der Waals surface area contributed by atoms with Gasteiger partial charge in [-0.1, -0.05) is 48.0 Å². The van der Waals surface area contributed by atoms with E-state index in [1.54, 1.807) is 13.0 Å². The van der Waals surface area contributed by atoms with Gasteiger partial charge in [-0.2, -0.15) is 4.39 Å². The third-order valence-corrected chi connectivity index (χ3v) is 7.58. The lowest BCUT2D eigenvalue weighted by Crippen LogP contribution is -2.63. The first-order valence-corrected chi connectivity index (χ1v) is 13.1. The Morgan fingerprint density at radius 3 is 1.86 bits per heavy atom. The fraction of sp³-hybridized carbons (Fsp3) is 0.346. The van der Waals surface area contributed by atoms with Gasteiger partial charge in [0, 0.05) is 0 Å². The topological polar surface area (TPSA) is 116 Å². The molecule has 0 aromatic heterocycles. The molecule has 9 nitrogen and oxygen atoms in total. The Bertz CT molecular complexity index is 1290. The highest BCUT2D eigenvalue weighted by molar-refractivity contribution is 7.89. The molecule has 11 heteroatoms. The van der Waals surface area contributed by atoms with Crippen molar-refractivity contribution < 1.29 is 41.4 Å². The van der Waals surface area contributed by atoms with Crippen LogP contribution < -0.4 is 0 Å². The molecule has 2 aromatic carbocycles. The van der Waals surface area contributed by atoms with Crippen molar-refractivity contribution in [1.82, 2.24) is 4.31 Å². The molecule has 1 atom stereocenters. The lowest BCUT2D eigenvalue weighted by Gasteiger charge is -2.38. The van der Waals surface area contributed by atoms with E-state index < -0.39 is 55.8 Å². The molecule has 0 amide bonds. The fourth-order valence-corrected chi connectivity index (χ4v) is 5.89. The minimum absolute atomic E-state index is 0.0184. The summed E-state index contributed by atoms with van der Waals surface area (Å²) in [6, 6.07) is 12.9. The molecule has 2 aromatic rings. The summed E-state index contributed by atoms with van der Waals surface area (Å²) in [5.41, 5.74) is -2.97.